The van der Waals surface area contributed by atoms with Gasteiger partial charge in [0.1, 0.15) is 5.75 Å². The monoisotopic (exact) mass is 303 g/mol. The van der Waals surface area contributed by atoms with Crippen molar-refractivity contribution in [2.24, 2.45) is 0 Å². The van der Waals surface area contributed by atoms with Crippen molar-refractivity contribution in [3.63, 3.8) is 0 Å². The summed E-state index contributed by atoms with van der Waals surface area (Å²) in [5.74, 6) is 0.260. The molecule has 3 aromatic rings. The summed E-state index contributed by atoms with van der Waals surface area (Å²) in [6.45, 7) is 0. The quantitative estimate of drug-likeness (QED) is 0.727. The van der Waals surface area contributed by atoms with Gasteiger partial charge in [0, 0.05) is 29.5 Å². The molecule has 0 fully saturated rings. The molecule has 0 amide bonds. The Balaban J connectivity index is 1.82. The molecule has 0 aliphatic heterocycles. The van der Waals surface area contributed by atoms with Crippen LogP contribution in [-0.2, 0) is 0 Å². The number of carbonyl (C=O) groups is 1. The molecule has 3 rings (SSSR count). The van der Waals surface area contributed by atoms with Crippen molar-refractivity contribution in [1.82, 2.24) is 0 Å². The van der Waals surface area contributed by atoms with Gasteiger partial charge in [0.15, 0.2) is 5.78 Å². The van der Waals surface area contributed by atoms with E-state index in [1.165, 1.54) is 0 Å². The molecule has 3 nitrogen and oxygen atoms in total. The van der Waals surface area contributed by atoms with Crippen LogP contribution in [0.4, 0.5) is 11.4 Å². The molecule has 0 heterocycles. The lowest BCUT2D eigenvalue weighted by atomic mass is 10.0. The molecule has 0 bridgehead atoms. The molecule has 0 atom stereocenters. The molecule has 0 radical (unpaired) electrons. The first-order chi connectivity index (χ1) is 11.1. The Morgan fingerprint density at radius 3 is 1.78 bits per heavy atom. The fourth-order valence-electron chi connectivity index (χ4n) is 2.42. The smallest absolute Gasteiger partial charge is 0.193 e. The highest BCUT2D eigenvalue weighted by molar-refractivity contribution is 6.09. The zero-order valence-corrected chi connectivity index (χ0v) is 12.8. The van der Waals surface area contributed by atoms with Gasteiger partial charge in [-0.3, -0.25) is 4.79 Å². The van der Waals surface area contributed by atoms with Crippen LogP contribution in [0.15, 0.2) is 78.9 Å². The SMILES string of the molecule is CN(c1ccc(O)cc1)c1ccc(C(=O)c2ccccc2)cc1. The van der Waals surface area contributed by atoms with E-state index in [0.29, 0.717) is 11.1 Å². The first-order valence-electron chi connectivity index (χ1n) is 7.38. The summed E-state index contributed by atoms with van der Waals surface area (Å²) in [6, 6.07) is 23.8. The van der Waals surface area contributed by atoms with Crippen LogP contribution < -0.4 is 4.90 Å². The number of benzene rings is 3. The van der Waals surface area contributed by atoms with E-state index in [4.69, 9.17) is 0 Å². The third-order valence-corrected chi connectivity index (χ3v) is 3.79. The molecule has 0 unspecified atom stereocenters. The number of phenolic OH excluding ortho intramolecular Hbond substituents is 1. The van der Waals surface area contributed by atoms with Gasteiger partial charge in [0.05, 0.1) is 0 Å². The second-order valence-electron chi connectivity index (χ2n) is 5.32. The molecule has 114 valence electrons. The number of carbonyl (C=O) groups excluding carboxylic acids is 1. The molecule has 0 saturated heterocycles. The Kier molecular flexibility index (Phi) is 4.11. The predicted molar refractivity (Wildman–Crippen MR) is 92.5 cm³/mol. The first kappa shape index (κ1) is 14.9. The Morgan fingerprint density at radius 2 is 1.22 bits per heavy atom. The highest BCUT2D eigenvalue weighted by Gasteiger charge is 2.09. The van der Waals surface area contributed by atoms with E-state index in [9.17, 15) is 9.90 Å². The van der Waals surface area contributed by atoms with Crippen molar-refractivity contribution in [3.05, 3.63) is 90.0 Å². The van der Waals surface area contributed by atoms with Crippen LogP contribution in [0.25, 0.3) is 0 Å². The molecule has 3 aromatic carbocycles. The summed E-state index contributed by atoms with van der Waals surface area (Å²) in [6.07, 6.45) is 0. The predicted octanol–water partition coefficient (Wildman–Crippen LogP) is 4.39. The fourth-order valence-corrected chi connectivity index (χ4v) is 2.42. The van der Waals surface area contributed by atoms with Crippen molar-refractivity contribution in [2.45, 2.75) is 0 Å². The maximum absolute atomic E-state index is 12.4. The minimum atomic E-state index is 0.0180. The lowest BCUT2D eigenvalue weighted by molar-refractivity contribution is 0.103. The van der Waals surface area contributed by atoms with Crippen molar-refractivity contribution in [2.75, 3.05) is 11.9 Å². The van der Waals surface area contributed by atoms with Crippen LogP contribution in [0, 0.1) is 0 Å². The molecule has 0 spiro atoms. The van der Waals surface area contributed by atoms with Gasteiger partial charge in [-0.2, -0.15) is 0 Å². The summed E-state index contributed by atoms with van der Waals surface area (Å²) in [4.78, 5) is 14.4. The number of hydrogen-bond donors (Lipinski definition) is 1. The average Bonchev–Trinajstić information content (AvgIpc) is 2.62. The number of hydrogen-bond acceptors (Lipinski definition) is 3. The summed E-state index contributed by atoms with van der Waals surface area (Å²) >= 11 is 0. The summed E-state index contributed by atoms with van der Waals surface area (Å²) in [5, 5.41) is 9.36. The Hall–Kier alpha value is -3.07. The average molecular weight is 303 g/mol. The van der Waals surface area contributed by atoms with Crippen LogP contribution >= 0.6 is 0 Å². The zero-order chi connectivity index (χ0) is 16.2. The van der Waals surface area contributed by atoms with Crippen molar-refractivity contribution in [1.29, 1.82) is 0 Å². The fraction of sp³-hybridized carbons (Fsp3) is 0.0500. The van der Waals surface area contributed by atoms with Crippen LogP contribution in [0.5, 0.6) is 5.75 Å². The van der Waals surface area contributed by atoms with E-state index in [0.717, 1.165) is 11.4 Å². The summed E-state index contributed by atoms with van der Waals surface area (Å²) < 4.78 is 0. The number of anilines is 2. The lowest BCUT2D eigenvalue weighted by Gasteiger charge is -2.19. The standard InChI is InChI=1S/C20H17NO2/c1-21(18-11-13-19(22)14-12-18)17-9-7-16(8-10-17)20(23)15-5-3-2-4-6-15/h2-14,22H,1H3. The largest absolute Gasteiger partial charge is 0.508 e. The third kappa shape index (κ3) is 3.24. The summed E-state index contributed by atoms with van der Waals surface area (Å²) in [7, 11) is 1.94. The van der Waals surface area contributed by atoms with Gasteiger partial charge >= 0.3 is 0 Å². The van der Waals surface area contributed by atoms with Crippen LogP contribution in [0.1, 0.15) is 15.9 Å². The van der Waals surface area contributed by atoms with E-state index >= 15 is 0 Å². The van der Waals surface area contributed by atoms with Gasteiger partial charge in [0.25, 0.3) is 0 Å². The minimum Gasteiger partial charge on any atom is -0.508 e. The molecular weight excluding hydrogens is 286 g/mol. The molecule has 0 saturated carbocycles. The highest BCUT2D eigenvalue weighted by Crippen LogP contribution is 2.25. The highest BCUT2D eigenvalue weighted by atomic mass is 16.3. The second-order valence-corrected chi connectivity index (χ2v) is 5.32. The van der Waals surface area contributed by atoms with Crippen LogP contribution in [0.2, 0.25) is 0 Å². The third-order valence-electron chi connectivity index (χ3n) is 3.79. The van der Waals surface area contributed by atoms with E-state index < -0.39 is 0 Å². The molecule has 23 heavy (non-hydrogen) atoms. The van der Waals surface area contributed by atoms with Crippen molar-refractivity contribution in [3.8, 4) is 5.75 Å². The zero-order valence-electron chi connectivity index (χ0n) is 12.8. The number of rotatable bonds is 4. The molecular formula is C20H17NO2. The van der Waals surface area contributed by atoms with Gasteiger partial charge in [0.2, 0.25) is 0 Å². The van der Waals surface area contributed by atoms with E-state index in [-0.39, 0.29) is 11.5 Å². The van der Waals surface area contributed by atoms with Crippen LogP contribution in [-0.4, -0.2) is 17.9 Å². The molecule has 0 aliphatic rings. The number of ketones is 1. The normalized spacial score (nSPS) is 10.3. The van der Waals surface area contributed by atoms with Crippen molar-refractivity contribution < 1.29 is 9.90 Å². The lowest BCUT2D eigenvalue weighted by Crippen LogP contribution is -2.09. The van der Waals surface area contributed by atoms with Gasteiger partial charge in [-0.15, -0.1) is 0 Å². The summed E-state index contributed by atoms with van der Waals surface area (Å²) in [5.41, 5.74) is 3.29. The Bertz CT molecular complexity index is 793. The van der Waals surface area contributed by atoms with E-state index in [1.54, 1.807) is 12.1 Å². The van der Waals surface area contributed by atoms with Gasteiger partial charge in [-0.25, -0.2) is 0 Å². The maximum Gasteiger partial charge on any atom is 0.193 e. The number of aromatic hydroxyl groups is 1. The van der Waals surface area contributed by atoms with Gasteiger partial charge in [-0.05, 0) is 48.5 Å². The van der Waals surface area contributed by atoms with E-state index in [2.05, 4.69) is 0 Å². The minimum absolute atomic E-state index is 0.0180. The topological polar surface area (TPSA) is 40.5 Å². The first-order valence-corrected chi connectivity index (χ1v) is 7.38. The Labute approximate surface area is 135 Å². The maximum atomic E-state index is 12.4. The molecule has 3 heteroatoms. The molecule has 0 aromatic heterocycles. The van der Waals surface area contributed by atoms with E-state index in [1.807, 2.05) is 78.7 Å². The van der Waals surface area contributed by atoms with Crippen molar-refractivity contribution >= 4 is 17.2 Å². The Morgan fingerprint density at radius 1 is 0.739 bits per heavy atom. The number of phenols is 1. The second kappa shape index (κ2) is 6.36. The van der Waals surface area contributed by atoms with Gasteiger partial charge in [-0.1, -0.05) is 30.3 Å². The number of nitrogens with zero attached hydrogens (tertiary/aromatic N) is 1. The molecule has 1 N–H and O–H groups in total. The van der Waals surface area contributed by atoms with Crippen LogP contribution in [0.3, 0.4) is 0 Å². The van der Waals surface area contributed by atoms with Gasteiger partial charge < -0.3 is 10.0 Å². The molecule has 0 aliphatic carbocycles.